The molecule has 138 valence electrons. The monoisotopic (exact) mass is 351 g/mol. The number of nitrogens with zero attached hydrogens (tertiary/aromatic N) is 3. The lowest BCUT2D eigenvalue weighted by atomic mass is 9.96. The molecule has 2 aliphatic heterocycles. The van der Waals surface area contributed by atoms with Gasteiger partial charge in [0.25, 0.3) is 0 Å². The van der Waals surface area contributed by atoms with Crippen LogP contribution >= 0.6 is 0 Å². The van der Waals surface area contributed by atoms with E-state index in [1.165, 1.54) is 0 Å². The van der Waals surface area contributed by atoms with Crippen LogP contribution in [0.25, 0.3) is 0 Å². The van der Waals surface area contributed by atoms with Crippen molar-refractivity contribution < 1.29 is 23.7 Å². The fraction of sp³-hybridized carbons (Fsp3) is 0.875. The lowest BCUT2D eigenvalue weighted by Gasteiger charge is -2.17. The van der Waals surface area contributed by atoms with Crippen LogP contribution in [-0.2, 0) is 36.8 Å². The summed E-state index contributed by atoms with van der Waals surface area (Å²) in [5.41, 5.74) is 0.761. The Bertz CT molecular complexity index is 546. The van der Waals surface area contributed by atoms with Gasteiger partial charge in [-0.05, 0) is 13.3 Å². The Morgan fingerprint density at radius 1 is 1.24 bits per heavy atom. The molecular formula is C16H26BN3O5. The molecule has 3 rings (SSSR count). The molecule has 0 amide bonds. The van der Waals surface area contributed by atoms with Crippen LogP contribution in [0, 0.1) is 0 Å². The highest BCUT2D eigenvalue weighted by Gasteiger charge is 2.34. The van der Waals surface area contributed by atoms with E-state index >= 15 is 0 Å². The van der Waals surface area contributed by atoms with E-state index in [1.807, 2.05) is 6.20 Å². The SMILES string of the molecule is [B]C1CC(OCc2cn(CC3OC(C)CC3OC)nn2)C(COC)O1. The molecule has 2 radical (unpaired) electrons. The Hall–Kier alpha value is -0.995. The van der Waals surface area contributed by atoms with E-state index in [-0.39, 0.29) is 36.5 Å². The van der Waals surface area contributed by atoms with Crippen molar-refractivity contribution in [2.45, 2.75) is 69.4 Å². The van der Waals surface area contributed by atoms with Gasteiger partial charge in [-0.2, -0.15) is 0 Å². The second kappa shape index (κ2) is 8.59. The number of ether oxygens (including phenoxy) is 5. The molecule has 0 N–H and O–H groups in total. The minimum atomic E-state index is -0.312. The molecule has 9 heteroatoms. The van der Waals surface area contributed by atoms with Gasteiger partial charge in [0.05, 0.1) is 44.3 Å². The van der Waals surface area contributed by atoms with Gasteiger partial charge in [0.15, 0.2) is 0 Å². The van der Waals surface area contributed by atoms with Gasteiger partial charge in [-0.15, -0.1) is 5.10 Å². The van der Waals surface area contributed by atoms with Gasteiger partial charge in [0, 0.05) is 26.6 Å². The van der Waals surface area contributed by atoms with Crippen LogP contribution in [0.1, 0.15) is 25.5 Å². The lowest BCUT2D eigenvalue weighted by Crippen LogP contribution is -2.28. The number of methoxy groups -OCH3 is 2. The topological polar surface area (TPSA) is 76.9 Å². The Balaban J connectivity index is 1.50. The quantitative estimate of drug-likeness (QED) is 0.623. The third-order valence-corrected chi connectivity index (χ3v) is 4.65. The van der Waals surface area contributed by atoms with Crippen molar-refractivity contribution in [1.82, 2.24) is 15.0 Å². The molecular weight excluding hydrogens is 325 g/mol. The predicted molar refractivity (Wildman–Crippen MR) is 89.3 cm³/mol. The Morgan fingerprint density at radius 2 is 2.08 bits per heavy atom. The Morgan fingerprint density at radius 3 is 2.84 bits per heavy atom. The number of hydrogen-bond acceptors (Lipinski definition) is 7. The Kier molecular flexibility index (Phi) is 6.46. The van der Waals surface area contributed by atoms with E-state index in [4.69, 9.17) is 31.5 Å². The van der Waals surface area contributed by atoms with Crippen molar-refractivity contribution in [3.63, 3.8) is 0 Å². The first-order chi connectivity index (χ1) is 12.1. The van der Waals surface area contributed by atoms with Crippen LogP contribution in [0.5, 0.6) is 0 Å². The van der Waals surface area contributed by atoms with E-state index in [0.717, 1.165) is 12.1 Å². The van der Waals surface area contributed by atoms with Crippen molar-refractivity contribution in [1.29, 1.82) is 0 Å². The third kappa shape index (κ3) is 4.80. The first-order valence-corrected chi connectivity index (χ1v) is 8.68. The van der Waals surface area contributed by atoms with Crippen LogP contribution in [0.2, 0.25) is 0 Å². The molecule has 0 aromatic carbocycles. The summed E-state index contributed by atoms with van der Waals surface area (Å²) in [7, 11) is 9.18. The normalized spacial score (nSPS) is 35.5. The van der Waals surface area contributed by atoms with Crippen molar-refractivity contribution in [3.05, 3.63) is 11.9 Å². The summed E-state index contributed by atoms with van der Waals surface area (Å²) in [6.45, 7) is 3.48. The van der Waals surface area contributed by atoms with E-state index in [2.05, 4.69) is 17.2 Å². The summed E-state index contributed by atoms with van der Waals surface area (Å²) in [6, 6.07) is -0.312. The average molecular weight is 351 g/mol. The summed E-state index contributed by atoms with van der Waals surface area (Å²) in [6.07, 6.45) is 3.45. The lowest BCUT2D eigenvalue weighted by molar-refractivity contribution is -0.0522. The molecule has 8 nitrogen and oxygen atoms in total. The third-order valence-electron chi connectivity index (χ3n) is 4.65. The van der Waals surface area contributed by atoms with Gasteiger partial charge >= 0.3 is 0 Å². The van der Waals surface area contributed by atoms with Crippen LogP contribution in [0.3, 0.4) is 0 Å². The Labute approximate surface area is 149 Å². The zero-order valence-electron chi connectivity index (χ0n) is 15.0. The first kappa shape index (κ1) is 18.8. The van der Waals surface area contributed by atoms with Gasteiger partial charge in [-0.1, -0.05) is 5.21 Å². The molecule has 0 aliphatic carbocycles. The van der Waals surface area contributed by atoms with Gasteiger partial charge in [-0.3, -0.25) is 0 Å². The highest BCUT2D eigenvalue weighted by atomic mass is 16.6. The summed E-state index contributed by atoms with van der Waals surface area (Å²) in [5.74, 6) is 0. The van der Waals surface area contributed by atoms with Crippen molar-refractivity contribution >= 4 is 7.85 Å². The summed E-state index contributed by atoms with van der Waals surface area (Å²) in [4.78, 5) is 0. The highest BCUT2D eigenvalue weighted by Crippen LogP contribution is 2.24. The fourth-order valence-electron chi connectivity index (χ4n) is 3.43. The van der Waals surface area contributed by atoms with Gasteiger partial charge < -0.3 is 23.7 Å². The largest absolute Gasteiger partial charge is 0.382 e. The van der Waals surface area contributed by atoms with Gasteiger partial charge in [0.2, 0.25) is 0 Å². The van der Waals surface area contributed by atoms with Gasteiger partial charge in [-0.25, -0.2) is 4.68 Å². The van der Waals surface area contributed by atoms with Crippen molar-refractivity contribution in [3.8, 4) is 0 Å². The molecule has 2 aliphatic rings. The van der Waals surface area contributed by atoms with Crippen LogP contribution in [-0.4, -0.2) is 80.2 Å². The molecule has 25 heavy (non-hydrogen) atoms. The maximum Gasteiger partial charge on any atom is 0.109 e. The zero-order chi connectivity index (χ0) is 17.8. The molecule has 6 atom stereocenters. The second-order valence-electron chi connectivity index (χ2n) is 6.68. The van der Waals surface area contributed by atoms with Crippen molar-refractivity contribution in [2.24, 2.45) is 0 Å². The highest BCUT2D eigenvalue weighted by molar-refractivity contribution is 6.11. The number of hydrogen-bond donors (Lipinski definition) is 0. The molecule has 3 heterocycles. The molecule has 0 spiro atoms. The molecule has 1 aromatic rings. The molecule has 6 unspecified atom stereocenters. The summed E-state index contributed by atoms with van der Waals surface area (Å²) < 4.78 is 29.8. The number of rotatable bonds is 8. The predicted octanol–water partition coefficient (Wildman–Crippen LogP) is 0.286. The molecule has 2 fully saturated rings. The molecule has 0 saturated carbocycles. The second-order valence-corrected chi connectivity index (χ2v) is 6.68. The molecule has 0 bridgehead atoms. The maximum absolute atomic E-state index is 5.91. The van der Waals surface area contributed by atoms with E-state index in [1.54, 1.807) is 18.9 Å². The summed E-state index contributed by atoms with van der Waals surface area (Å²) >= 11 is 0. The van der Waals surface area contributed by atoms with Gasteiger partial charge in [0.1, 0.15) is 25.7 Å². The van der Waals surface area contributed by atoms with E-state index in [9.17, 15) is 0 Å². The van der Waals surface area contributed by atoms with Crippen molar-refractivity contribution in [2.75, 3.05) is 20.8 Å². The standard InChI is InChI=1S/C16H26BN3O5/c1-10-4-12(22-3)14(24-10)7-20-6-11(18-19-20)8-23-13-5-16(17)25-15(13)9-21-2/h6,10,12-16H,4-5,7-9H2,1-3H3. The molecule has 1 aromatic heterocycles. The number of aromatic nitrogens is 3. The molecule has 2 saturated heterocycles. The minimum Gasteiger partial charge on any atom is -0.382 e. The van der Waals surface area contributed by atoms with Crippen LogP contribution < -0.4 is 0 Å². The van der Waals surface area contributed by atoms with Crippen LogP contribution in [0.4, 0.5) is 0 Å². The zero-order valence-corrected chi connectivity index (χ0v) is 15.0. The smallest absolute Gasteiger partial charge is 0.109 e. The summed E-state index contributed by atoms with van der Waals surface area (Å²) in [5, 5.41) is 8.33. The minimum absolute atomic E-state index is 0.0113. The van der Waals surface area contributed by atoms with Crippen LogP contribution in [0.15, 0.2) is 6.20 Å². The van der Waals surface area contributed by atoms with E-state index < -0.39 is 0 Å². The maximum atomic E-state index is 5.91. The fourth-order valence-corrected chi connectivity index (χ4v) is 3.43. The van der Waals surface area contributed by atoms with E-state index in [0.29, 0.717) is 26.2 Å². The average Bonchev–Trinajstić information content (AvgIpc) is 3.26. The first-order valence-electron chi connectivity index (χ1n) is 8.68.